The van der Waals surface area contributed by atoms with Crippen LogP contribution in [0.25, 0.3) is 0 Å². The molecule has 19 heavy (non-hydrogen) atoms. The zero-order valence-corrected chi connectivity index (χ0v) is 10.8. The van der Waals surface area contributed by atoms with Crippen LogP contribution in [0.1, 0.15) is 10.4 Å². The summed E-state index contributed by atoms with van der Waals surface area (Å²) in [5.74, 6) is 0.546. The van der Waals surface area contributed by atoms with Crippen LogP contribution in [0.5, 0.6) is 11.5 Å². The van der Waals surface area contributed by atoms with Crippen molar-refractivity contribution in [2.75, 3.05) is 38.3 Å². The Morgan fingerprint density at radius 3 is 3.16 bits per heavy atom. The fourth-order valence-corrected chi connectivity index (χ4v) is 2.72. The first-order valence-electron chi connectivity index (χ1n) is 6.33. The number of primary amides is 1. The molecule has 0 aromatic heterocycles. The van der Waals surface area contributed by atoms with Crippen LogP contribution in [0.3, 0.4) is 0 Å². The number of nitrogens with zero attached hydrogens (tertiary/aromatic N) is 1. The highest BCUT2D eigenvalue weighted by atomic mass is 16.5. The van der Waals surface area contributed by atoms with Crippen molar-refractivity contribution in [3.05, 3.63) is 17.7 Å². The predicted molar refractivity (Wildman–Crippen MR) is 71.0 cm³/mol. The fourth-order valence-electron chi connectivity index (χ4n) is 2.72. The first-order valence-corrected chi connectivity index (χ1v) is 6.33. The molecule has 0 aliphatic carbocycles. The van der Waals surface area contributed by atoms with E-state index in [0.717, 1.165) is 25.3 Å². The van der Waals surface area contributed by atoms with Gasteiger partial charge in [0.15, 0.2) is 11.5 Å². The second-order valence-electron chi connectivity index (χ2n) is 4.72. The summed E-state index contributed by atoms with van der Waals surface area (Å²) in [6, 6.07) is 3.91. The van der Waals surface area contributed by atoms with E-state index in [4.69, 9.17) is 15.2 Å². The minimum Gasteiger partial charge on any atom is -0.492 e. The Morgan fingerprint density at radius 2 is 2.42 bits per heavy atom. The molecule has 6 nitrogen and oxygen atoms in total. The van der Waals surface area contributed by atoms with Crippen molar-refractivity contribution < 1.29 is 14.3 Å². The number of amides is 1. The molecular formula is C13H17N3O3. The predicted octanol–water partition coefficient (Wildman–Crippen LogP) is -0.0353. The molecule has 2 aliphatic rings. The zero-order valence-electron chi connectivity index (χ0n) is 10.8. The quantitative estimate of drug-likeness (QED) is 0.783. The minimum atomic E-state index is -0.509. The summed E-state index contributed by atoms with van der Waals surface area (Å²) < 4.78 is 11.1. The fraction of sp³-hybridized carbons (Fsp3) is 0.462. The smallest absolute Gasteiger partial charge is 0.252 e. The number of fused-ring (bicyclic) bond motifs is 3. The number of benzene rings is 1. The molecule has 3 rings (SSSR count). The second-order valence-corrected chi connectivity index (χ2v) is 4.72. The van der Waals surface area contributed by atoms with Gasteiger partial charge in [0.2, 0.25) is 0 Å². The van der Waals surface area contributed by atoms with Crippen LogP contribution in [-0.2, 0) is 0 Å². The summed E-state index contributed by atoms with van der Waals surface area (Å²) in [5, 5.41) is 3.35. The van der Waals surface area contributed by atoms with Gasteiger partial charge in [0, 0.05) is 19.6 Å². The molecule has 2 heterocycles. The molecule has 1 aromatic rings. The third kappa shape index (κ3) is 1.88. The van der Waals surface area contributed by atoms with Crippen molar-refractivity contribution in [1.82, 2.24) is 5.32 Å². The SMILES string of the molecule is COc1c(C(N)=O)ccc2c1OCC1CNCCN21. The molecule has 2 aliphatic heterocycles. The van der Waals surface area contributed by atoms with E-state index in [1.165, 1.54) is 7.11 Å². The van der Waals surface area contributed by atoms with Gasteiger partial charge in [-0.15, -0.1) is 0 Å². The van der Waals surface area contributed by atoms with Gasteiger partial charge in [0.1, 0.15) is 6.61 Å². The number of carbonyl (C=O) groups is 1. The van der Waals surface area contributed by atoms with E-state index in [0.29, 0.717) is 29.7 Å². The minimum absolute atomic E-state index is 0.324. The summed E-state index contributed by atoms with van der Waals surface area (Å²) >= 11 is 0. The lowest BCUT2D eigenvalue weighted by atomic mass is 10.1. The van der Waals surface area contributed by atoms with Gasteiger partial charge < -0.3 is 25.4 Å². The van der Waals surface area contributed by atoms with Crippen molar-refractivity contribution in [2.24, 2.45) is 5.73 Å². The van der Waals surface area contributed by atoms with E-state index in [9.17, 15) is 4.79 Å². The van der Waals surface area contributed by atoms with Crippen molar-refractivity contribution >= 4 is 11.6 Å². The first-order chi connectivity index (χ1) is 9.22. The van der Waals surface area contributed by atoms with Crippen molar-refractivity contribution in [3.63, 3.8) is 0 Å². The van der Waals surface area contributed by atoms with Crippen LogP contribution in [0.2, 0.25) is 0 Å². The van der Waals surface area contributed by atoms with Gasteiger partial charge in [-0.25, -0.2) is 0 Å². The van der Waals surface area contributed by atoms with Crippen LogP contribution < -0.4 is 25.4 Å². The molecule has 1 fully saturated rings. The molecule has 0 bridgehead atoms. The summed E-state index contributed by atoms with van der Waals surface area (Å²) in [5.41, 5.74) is 6.69. The van der Waals surface area contributed by atoms with Gasteiger partial charge in [-0.05, 0) is 12.1 Å². The summed E-state index contributed by atoms with van der Waals surface area (Å²) in [6.07, 6.45) is 0. The molecule has 1 aromatic carbocycles. The third-order valence-corrected chi connectivity index (χ3v) is 3.64. The highest BCUT2D eigenvalue weighted by Crippen LogP contribution is 2.43. The van der Waals surface area contributed by atoms with Gasteiger partial charge in [0.05, 0.1) is 24.4 Å². The number of anilines is 1. The van der Waals surface area contributed by atoms with E-state index in [2.05, 4.69) is 10.2 Å². The van der Waals surface area contributed by atoms with Gasteiger partial charge >= 0.3 is 0 Å². The number of piperazine rings is 1. The monoisotopic (exact) mass is 263 g/mol. The topological polar surface area (TPSA) is 76.8 Å². The number of hydrogen-bond donors (Lipinski definition) is 2. The lowest BCUT2D eigenvalue weighted by molar-refractivity contribution is 0.0996. The van der Waals surface area contributed by atoms with Crippen LogP contribution >= 0.6 is 0 Å². The number of rotatable bonds is 2. The molecule has 0 radical (unpaired) electrons. The van der Waals surface area contributed by atoms with Crippen LogP contribution in [0.4, 0.5) is 5.69 Å². The van der Waals surface area contributed by atoms with E-state index in [1.807, 2.05) is 6.07 Å². The Hall–Kier alpha value is -1.95. The number of carbonyl (C=O) groups excluding carboxylic acids is 1. The van der Waals surface area contributed by atoms with E-state index >= 15 is 0 Å². The van der Waals surface area contributed by atoms with E-state index in [1.54, 1.807) is 6.07 Å². The number of nitrogens with one attached hydrogen (secondary N) is 1. The Bertz CT molecular complexity index is 518. The third-order valence-electron chi connectivity index (χ3n) is 3.64. The zero-order chi connectivity index (χ0) is 13.4. The number of methoxy groups -OCH3 is 1. The number of ether oxygens (including phenoxy) is 2. The molecule has 0 saturated carbocycles. The first kappa shape index (κ1) is 12.1. The van der Waals surface area contributed by atoms with Crippen molar-refractivity contribution in [2.45, 2.75) is 6.04 Å². The maximum Gasteiger partial charge on any atom is 0.252 e. The highest BCUT2D eigenvalue weighted by molar-refractivity contribution is 5.98. The lowest BCUT2D eigenvalue weighted by Gasteiger charge is -2.42. The molecule has 102 valence electrons. The Labute approximate surface area is 111 Å². The molecule has 1 saturated heterocycles. The molecule has 6 heteroatoms. The molecule has 0 spiro atoms. The molecular weight excluding hydrogens is 246 g/mol. The second kappa shape index (κ2) is 4.62. The molecule has 1 atom stereocenters. The maximum atomic E-state index is 11.4. The summed E-state index contributed by atoms with van der Waals surface area (Å²) in [6.45, 7) is 3.34. The molecule has 1 amide bonds. The molecule has 3 N–H and O–H groups in total. The average molecular weight is 263 g/mol. The summed E-state index contributed by atoms with van der Waals surface area (Å²) in [4.78, 5) is 13.7. The largest absolute Gasteiger partial charge is 0.492 e. The standard InChI is InChI=1S/C13H17N3O3/c1-18-11-9(13(14)17)2-3-10-12(11)19-7-8-6-15-4-5-16(8)10/h2-3,8,15H,4-7H2,1H3,(H2,14,17). The average Bonchev–Trinajstić information content (AvgIpc) is 2.45. The van der Waals surface area contributed by atoms with Crippen LogP contribution in [0.15, 0.2) is 12.1 Å². The van der Waals surface area contributed by atoms with Gasteiger partial charge in [0.25, 0.3) is 5.91 Å². The summed E-state index contributed by atoms with van der Waals surface area (Å²) in [7, 11) is 1.52. The van der Waals surface area contributed by atoms with Crippen molar-refractivity contribution in [3.8, 4) is 11.5 Å². The number of hydrogen-bond acceptors (Lipinski definition) is 5. The highest BCUT2D eigenvalue weighted by Gasteiger charge is 2.32. The molecule has 1 unspecified atom stereocenters. The van der Waals surface area contributed by atoms with Gasteiger partial charge in [-0.2, -0.15) is 0 Å². The Kier molecular flexibility index (Phi) is 2.94. The van der Waals surface area contributed by atoms with Gasteiger partial charge in [-0.3, -0.25) is 4.79 Å². The van der Waals surface area contributed by atoms with Crippen LogP contribution in [-0.4, -0.2) is 45.3 Å². The Balaban J connectivity index is 2.08. The Morgan fingerprint density at radius 1 is 1.58 bits per heavy atom. The number of nitrogens with two attached hydrogens (primary N) is 1. The lowest BCUT2D eigenvalue weighted by Crippen LogP contribution is -2.55. The maximum absolute atomic E-state index is 11.4. The normalized spacial score (nSPS) is 21.1. The van der Waals surface area contributed by atoms with Crippen molar-refractivity contribution in [1.29, 1.82) is 0 Å². The van der Waals surface area contributed by atoms with Crippen LogP contribution in [0, 0.1) is 0 Å². The van der Waals surface area contributed by atoms with E-state index < -0.39 is 5.91 Å². The van der Waals surface area contributed by atoms with E-state index in [-0.39, 0.29) is 0 Å². The van der Waals surface area contributed by atoms with Gasteiger partial charge in [-0.1, -0.05) is 0 Å².